The van der Waals surface area contributed by atoms with Crippen LogP contribution >= 0.6 is 0 Å². The highest BCUT2D eigenvalue weighted by atomic mass is 28.3. The molecule has 1 unspecified atom stereocenters. The Bertz CT molecular complexity index is 296. The fourth-order valence-corrected chi connectivity index (χ4v) is 3.60. The van der Waals surface area contributed by atoms with E-state index in [1.54, 1.807) is 0 Å². The first-order valence-corrected chi connectivity index (χ1v) is 8.44. The molecular formula is C12H25NO6Si. The number of nitrogens with one attached hydrogen (secondary N) is 1. The Morgan fingerprint density at radius 3 is 2.15 bits per heavy atom. The molecule has 0 saturated carbocycles. The van der Waals surface area contributed by atoms with Crippen molar-refractivity contribution in [1.29, 1.82) is 0 Å². The number of aliphatic carboxylic acids is 2. The minimum absolute atomic E-state index is 0.224. The first-order valence-electron chi connectivity index (χ1n) is 6.83. The molecule has 0 saturated heterocycles. The highest BCUT2D eigenvalue weighted by molar-refractivity contribution is 6.46. The molecule has 0 aromatic rings. The molecule has 8 heteroatoms. The molecule has 0 aromatic heterocycles. The number of carboxylic acids is 2. The monoisotopic (exact) mass is 307 g/mol. The maximum atomic E-state index is 10.9. The Labute approximate surface area is 121 Å². The van der Waals surface area contributed by atoms with E-state index in [2.05, 4.69) is 5.32 Å². The van der Waals surface area contributed by atoms with E-state index in [1.165, 1.54) is 0 Å². The molecule has 7 nitrogen and oxygen atoms in total. The van der Waals surface area contributed by atoms with Gasteiger partial charge in [0, 0.05) is 13.2 Å². The van der Waals surface area contributed by atoms with Gasteiger partial charge in [-0.05, 0) is 32.4 Å². The lowest BCUT2D eigenvalue weighted by molar-refractivity contribution is -0.145. The van der Waals surface area contributed by atoms with E-state index in [-0.39, 0.29) is 5.54 Å². The van der Waals surface area contributed by atoms with Crippen LogP contribution in [0.5, 0.6) is 0 Å². The van der Waals surface area contributed by atoms with Crippen LogP contribution < -0.4 is 5.32 Å². The third-order valence-electron chi connectivity index (χ3n) is 2.79. The summed E-state index contributed by atoms with van der Waals surface area (Å²) in [6.45, 7) is 7.47. The number of carbonyl (C=O) groups is 2. The molecule has 0 spiro atoms. The lowest BCUT2D eigenvalue weighted by Gasteiger charge is -2.22. The van der Waals surface area contributed by atoms with E-state index in [9.17, 15) is 9.59 Å². The van der Waals surface area contributed by atoms with Crippen molar-refractivity contribution in [3.05, 3.63) is 0 Å². The topological polar surface area (TPSA) is 105 Å². The van der Waals surface area contributed by atoms with E-state index in [0.717, 1.165) is 0 Å². The largest absolute Gasteiger partial charge is 0.481 e. The normalized spacial score (nSPS) is 14.2. The van der Waals surface area contributed by atoms with Gasteiger partial charge in [0.25, 0.3) is 0 Å². The van der Waals surface area contributed by atoms with Crippen LogP contribution in [-0.4, -0.2) is 57.2 Å². The molecule has 118 valence electrons. The second-order valence-electron chi connectivity index (χ2n) is 4.49. The van der Waals surface area contributed by atoms with E-state index >= 15 is 0 Å². The van der Waals surface area contributed by atoms with E-state index < -0.39 is 33.7 Å². The Kier molecular flexibility index (Phi) is 10.3. The van der Waals surface area contributed by atoms with Crippen LogP contribution in [0.25, 0.3) is 0 Å². The summed E-state index contributed by atoms with van der Waals surface area (Å²) < 4.78 is 11.2. The van der Waals surface area contributed by atoms with Crippen LogP contribution in [-0.2, 0) is 18.4 Å². The second-order valence-corrected chi connectivity index (χ2v) is 7.03. The summed E-state index contributed by atoms with van der Waals surface area (Å²) in [5.41, 5.74) is 0.224. The van der Waals surface area contributed by atoms with Gasteiger partial charge in [0.2, 0.25) is 0 Å². The molecule has 20 heavy (non-hydrogen) atoms. The fraction of sp³-hybridized carbons (Fsp3) is 0.833. The van der Waals surface area contributed by atoms with Crippen LogP contribution in [0.15, 0.2) is 0 Å². The third kappa shape index (κ3) is 8.26. The summed E-state index contributed by atoms with van der Waals surface area (Å²) in [5.74, 6) is -2.28. The van der Waals surface area contributed by atoms with Gasteiger partial charge >= 0.3 is 21.2 Å². The molecule has 0 aliphatic heterocycles. The lowest BCUT2D eigenvalue weighted by atomic mass is 10.2. The predicted octanol–water partition coefficient (Wildman–Crippen LogP) is 0.578. The highest BCUT2D eigenvalue weighted by Gasteiger charge is 2.23. The second kappa shape index (κ2) is 10.8. The fourth-order valence-electron chi connectivity index (χ4n) is 1.75. The number of rotatable bonds is 12. The molecule has 3 N–H and O–H groups in total. The smallest absolute Gasteiger partial charge is 0.324 e. The average Bonchev–Trinajstić information content (AvgIpc) is 2.36. The van der Waals surface area contributed by atoms with Crippen molar-refractivity contribution >= 4 is 21.2 Å². The predicted molar refractivity (Wildman–Crippen MR) is 76.1 cm³/mol. The van der Waals surface area contributed by atoms with Gasteiger partial charge in [-0.2, -0.15) is 0 Å². The average molecular weight is 307 g/mol. The Hall–Kier alpha value is -0.963. The van der Waals surface area contributed by atoms with Crippen LogP contribution in [0.4, 0.5) is 0 Å². The maximum absolute atomic E-state index is 10.9. The van der Waals surface area contributed by atoms with Crippen LogP contribution in [0.2, 0.25) is 5.54 Å². The van der Waals surface area contributed by atoms with Crippen LogP contribution in [0.3, 0.4) is 0 Å². The van der Waals surface area contributed by atoms with Crippen molar-refractivity contribution in [3.63, 3.8) is 0 Å². The van der Waals surface area contributed by atoms with Gasteiger partial charge < -0.3 is 24.4 Å². The molecule has 0 bridgehead atoms. The SMILES string of the molecule is CCO[SiH](OCC)C(C)CCN[C@@H](CC(=O)O)C(=O)O. The summed E-state index contributed by atoms with van der Waals surface area (Å²) in [4.78, 5) is 21.4. The highest BCUT2D eigenvalue weighted by Crippen LogP contribution is 2.16. The number of hydrogen-bond acceptors (Lipinski definition) is 5. The van der Waals surface area contributed by atoms with Crippen molar-refractivity contribution in [2.24, 2.45) is 0 Å². The van der Waals surface area contributed by atoms with Crippen molar-refractivity contribution < 1.29 is 28.7 Å². The van der Waals surface area contributed by atoms with Crippen molar-refractivity contribution in [3.8, 4) is 0 Å². The molecular weight excluding hydrogens is 282 g/mol. The minimum Gasteiger partial charge on any atom is -0.481 e. The molecule has 0 fully saturated rings. The van der Waals surface area contributed by atoms with Crippen LogP contribution in [0.1, 0.15) is 33.6 Å². The first kappa shape index (κ1) is 19.0. The quantitative estimate of drug-likeness (QED) is 0.453. The maximum Gasteiger partial charge on any atom is 0.324 e. The van der Waals surface area contributed by atoms with Crippen LogP contribution in [0, 0.1) is 0 Å². The summed E-state index contributed by atoms with van der Waals surface area (Å²) in [6, 6.07) is -1.06. The molecule has 0 aliphatic rings. The molecule has 0 radical (unpaired) electrons. The minimum atomic E-state index is -1.75. The lowest BCUT2D eigenvalue weighted by Crippen LogP contribution is -2.40. The molecule has 2 atom stereocenters. The van der Waals surface area contributed by atoms with Gasteiger partial charge in [-0.1, -0.05) is 6.92 Å². The zero-order valence-corrected chi connectivity index (χ0v) is 13.4. The van der Waals surface area contributed by atoms with Crippen molar-refractivity contribution in [1.82, 2.24) is 5.32 Å². The summed E-state index contributed by atoms with van der Waals surface area (Å²) in [5, 5.41) is 20.3. The molecule has 0 amide bonds. The summed E-state index contributed by atoms with van der Waals surface area (Å²) in [7, 11) is -1.75. The van der Waals surface area contributed by atoms with Gasteiger partial charge in [-0.3, -0.25) is 9.59 Å². The first-order chi connectivity index (χ1) is 9.42. The molecule has 0 rings (SSSR count). The zero-order valence-electron chi connectivity index (χ0n) is 12.3. The standard InChI is InChI=1S/C12H25NO6Si/c1-4-18-20(19-5-2)9(3)6-7-13-10(12(16)17)8-11(14)15/h9-10,13,20H,4-8H2,1-3H3,(H,14,15)(H,16,17)/t9?,10-/m0/s1. The van der Waals surface area contributed by atoms with Gasteiger partial charge in [-0.15, -0.1) is 0 Å². The summed E-state index contributed by atoms with van der Waals surface area (Å²) >= 11 is 0. The van der Waals surface area contributed by atoms with Crippen molar-refractivity contribution in [2.75, 3.05) is 19.8 Å². The molecule has 0 heterocycles. The van der Waals surface area contributed by atoms with E-state index in [4.69, 9.17) is 19.1 Å². The number of carboxylic acid groups (broad SMARTS) is 2. The van der Waals surface area contributed by atoms with Gasteiger partial charge in [0.1, 0.15) is 6.04 Å². The van der Waals surface area contributed by atoms with E-state index in [1.807, 2.05) is 20.8 Å². The van der Waals surface area contributed by atoms with Crippen molar-refractivity contribution in [2.45, 2.75) is 45.2 Å². The van der Waals surface area contributed by atoms with Gasteiger partial charge in [0.05, 0.1) is 6.42 Å². The number of hydrogen-bond donors (Lipinski definition) is 3. The Morgan fingerprint density at radius 2 is 1.75 bits per heavy atom. The summed E-state index contributed by atoms with van der Waals surface area (Å²) in [6.07, 6.45) is 0.266. The third-order valence-corrected chi connectivity index (χ3v) is 5.38. The zero-order chi connectivity index (χ0) is 15.5. The van der Waals surface area contributed by atoms with E-state index in [0.29, 0.717) is 26.2 Å². The van der Waals surface area contributed by atoms with Gasteiger partial charge in [-0.25, -0.2) is 0 Å². The molecule has 0 aromatic carbocycles. The molecule has 0 aliphatic carbocycles. The Balaban J connectivity index is 4.16. The Morgan fingerprint density at radius 1 is 1.20 bits per heavy atom. The van der Waals surface area contributed by atoms with Gasteiger partial charge in [0.15, 0.2) is 0 Å².